The molecule has 0 fully saturated rings. The first-order valence-electron chi connectivity index (χ1n) is 5.08. The van der Waals surface area contributed by atoms with Gasteiger partial charge in [-0.3, -0.25) is 9.59 Å². The number of aryl methyl sites for hydroxylation is 1. The van der Waals surface area contributed by atoms with Gasteiger partial charge in [-0.25, -0.2) is 0 Å². The van der Waals surface area contributed by atoms with E-state index in [1.807, 2.05) is 19.9 Å². The Morgan fingerprint density at radius 1 is 1.38 bits per heavy atom. The maximum absolute atomic E-state index is 11.8. The Hall–Kier alpha value is -1.90. The lowest BCUT2D eigenvalue weighted by molar-refractivity contribution is 0.0960. The molecule has 1 rings (SSSR count). The smallest absolute Gasteiger partial charge is 0.256 e. The summed E-state index contributed by atoms with van der Waals surface area (Å²) in [6.07, 6.45) is 2.49. The zero-order valence-electron chi connectivity index (χ0n) is 9.70. The van der Waals surface area contributed by atoms with Crippen LogP contribution in [0.3, 0.4) is 0 Å². The number of hydrogen-bond acceptors (Lipinski definition) is 2. The van der Waals surface area contributed by atoms with Gasteiger partial charge in [0.25, 0.3) is 5.91 Å². The number of rotatable bonds is 3. The molecule has 0 aliphatic carbocycles. The second-order valence-electron chi connectivity index (χ2n) is 3.63. The SMILES string of the molecule is C/C=C(\C)NC(=O)c1cc(C)ccc1C=O. The van der Waals surface area contributed by atoms with Gasteiger partial charge in [0.05, 0.1) is 5.56 Å². The fourth-order valence-electron chi connectivity index (χ4n) is 1.29. The molecule has 84 valence electrons. The minimum atomic E-state index is -0.249. The van der Waals surface area contributed by atoms with Crippen LogP contribution < -0.4 is 5.32 Å². The Labute approximate surface area is 95.2 Å². The average molecular weight is 217 g/mol. The van der Waals surface area contributed by atoms with Crippen LogP contribution in [-0.4, -0.2) is 12.2 Å². The first-order valence-corrected chi connectivity index (χ1v) is 5.08. The van der Waals surface area contributed by atoms with Crippen molar-refractivity contribution in [3.05, 3.63) is 46.7 Å². The van der Waals surface area contributed by atoms with Crippen molar-refractivity contribution in [3.63, 3.8) is 0 Å². The van der Waals surface area contributed by atoms with E-state index in [9.17, 15) is 9.59 Å². The molecule has 0 saturated heterocycles. The molecule has 0 aliphatic heterocycles. The number of amides is 1. The summed E-state index contributed by atoms with van der Waals surface area (Å²) in [5.74, 6) is -0.249. The van der Waals surface area contributed by atoms with Crippen LogP contribution in [0.4, 0.5) is 0 Å². The third kappa shape index (κ3) is 2.79. The zero-order valence-corrected chi connectivity index (χ0v) is 9.70. The highest BCUT2D eigenvalue weighted by atomic mass is 16.1. The monoisotopic (exact) mass is 217 g/mol. The second kappa shape index (κ2) is 5.26. The average Bonchev–Trinajstić information content (AvgIpc) is 2.28. The lowest BCUT2D eigenvalue weighted by Gasteiger charge is -2.07. The van der Waals surface area contributed by atoms with E-state index in [2.05, 4.69) is 5.32 Å². The normalized spacial score (nSPS) is 11.1. The largest absolute Gasteiger partial charge is 0.326 e. The molecule has 0 atom stereocenters. The first kappa shape index (κ1) is 12.2. The topological polar surface area (TPSA) is 46.2 Å². The van der Waals surface area contributed by atoms with Crippen molar-refractivity contribution in [2.75, 3.05) is 0 Å². The third-order valence-electron chi connectivity index (χ3n) is 2.32. The van der Waals surface area contributed by atoms with Gasteiger partial charge in [-0.05, 0) is 26.8 Å². The third-order valence-corrected chi connectivity index (χ3v) is 2.32. The molecule has 0 aromatic heterocycles. The van der Waals surface area contributed by atoms with Crippen LogP contribution in [0.25, 0.3) is 0 Å². The molecule has 0 radical (unpaired) electrons. The molecule has 1 amide bonds. The number of carbonyl (C=O) groups excluding carboxylic acids is 2. The van der Waals surface area contributed by atoms with Gasteiger partial charge in [-0.1, -0.05) is 23.8 Å². The molecule has 0 unspecified atom stereocenters. The summed E-state index contributed by atoms with van der Waals surface area (Å²) in [5, 5.41) is 2.71. The molecule has 1 aromatic carbocycles. The van der Waals surface area contributed by atoms with Gasteiger partial charge in [-0.2, -0.15) is 0 Å². The van der Waals surface area contributed by atoms with Crippen LogP contribution in [0, 0.1) is 6.92 Å². The summed E-state index contributed by atoms with van der Waals surface area (Å²) in [7, 11) is 0. The Bertz CT molecular complexity index is 447. The number of allylic oxidation sites excluding steroid dienone is 2. The molecule has 3 nitrogen and oxygen atoms in total. The summed E-state index contributed by atoms with van der Waals surface area (Å²) in [4.78, 5) is 22.6. The standard InChI is InChI=1S/C13H15NO2/c1-4-10(3)14-13(16)12-7-9(2)5-6-11(12)8-15/h4-8H,1-3H3,(H,14,16)/b10-4+. The molecule has 0 spiro atoms. The van der Waals surface area contributed by atoms with E-state index in [1.54, 1.807) is 25.1 Å². The molecule has 1 N–H and O–H groups in total. The fourth-order valence-corrected chi connectivity index (χ4v) is 1.29. The van der Waals surface area contributed by atoms with E-state index < -0.39 is 0 Å². The van der Waals surface area contributed by atoms with Crippen LogP contribution >= 0.6 is 0 Å². The van der Waals surface area contributed by atoms with Crippen molar-refractivity contribution < 1.29 is 9.59 Å². The van der Waals surface area contributed by atoms with Gasteiger partial charge < -0.3 is 5.32 Å². The van der Waals surface area contributed by atoms with E-state index in [4.69, 9.17) is 0 Å². The van der Waals surface area contributed by atoms with E-state index in [0.29, 0.717) is 17.4 Å². The zero-order chi connectivity index (χ0) is 12.1. The highest BCUT2D eigenvalue weighted by Gasteiger charge is 2.10. The second-order valence-corrected chi connectivity index (χ2v) is 3.63. The van der Waals surface area contributed by atoms with E-state index in [1.165, 1.54) is 0 Å². The van der Waals surface area contributed by atoms with Crippen LogP contribution in [-0.2, 0) is 0 Å². The van der Waals surface area contributed by atoms with Crippen LogP contribution in [0.5, 0.6) is 0 Å². The van der Waals surface area contributed by atoms with E-state index in [-0.39, 0.29) is 5.91 Å². The van der Waals surface area contributed by atoms with Crippen molar-refractivity contribution in [3.8, 4) is 0 Å². The predicted octanol–water partition coefficient (Wildman–Crippen LogP) is 2.46. The lowest BCUT2D eigenvalue weighted by Crippen LogP contribution is -2.22. The van der Waals surface area contributed by atoms with Gasteiger partial charge in [0.1, 0.15) is 0 Å². The Morgan fingerprint density at radius 2 is 2.06 bits per heavy atom. The van der Waals surface area contributed by atoms with Crippen LogP contribution in [0.15, 0.2) is 30.0 Å². The maximum Gasteiger partial charge on any atom is 0.256 e. The van der Waals surface area contributed by atoms with Gasteiger partial charge in [-0.15, -0.1) is 0 Å². The molecule has 3 heteroatoms. The fraction of sp³-hybridized carbons (Fsp3) is 0.231. The quantitative estimate of drug-likeness (QED) is 0.790. The molecular weight excluding hydrogens is 202 g/mol. The Morgan fingerprint density at radius 3 is 2.62 bits per heavy atom. The molecule has 16 heavy (non-hydrogen) atoms. The van der Waals surface area contributed by atoms with Gasteiger partial charge >= 0.3 is 0 Å². The number of benzene rings is 1. The van der Waals surface area contributed by atoms with Crippen LogP contribution in [0.2, 0.25) is 0 Å². The highest BCUT2D eigenvalue weighted by Crippen LogP contribution is 2.10. The van der Waals surface area contributed by atoms with Gasteiger partial charge in [0.15, 0.2) is 6.29 Å². The maximum atomic E-state index is 11.8. The summed E-state index contributed by atoms with van der Waals surface area (Å²) < 4.78 is 0. The van der Waals surface area contributed by atoms with Crippen molar-refractivity contribution >= 4 is 12.2 Å². The molecule has 0 bridgehead atoms. The molecular formula is C13H15NO2. The van der Waals surface area contributed by atoms with Crippen molar-refractivity contribution in [2.24, 2.45) is 0 Å². The summed E-state index contributed by atoms with van der Waals surface area (Å²) in [5.41, 5.74) is 2.54. The molecule has 0 heterocycles. The van der Waals surface area contributed by atoms with Crippen LogP contribution in [0.1, 0.15) is 40.1 Å². The molecule has 0 aliphatic rings. The first-order chi connectivity index (χ1) is 7.58. The highest BCUT2D eigenvalue weighted by molar-refractivity contribution is 6.02. The Balaban J connectivity index is 3.06. The summed E-state index contributed by atoms with van der Waals surface area (Å²) in [6, 6.07) is 5.17. The van der Waals surface area contributed by atoms with Crippen molar-refractivity contribution in [1.29, 1.82) is 0 Å². The number of hydrogen-bond donors (Lipinski definition) is 1. The predicted molar refractivity (Wildman–Crippen MR) is 63.5 cm³/mol. The minimum absolute atomic E-state index is 0.249. The number of aldehydes is 1. The van der Waals surface area contributed by atoms with E-state index >= 15 is 0 Å². The molecule has 0 saturated carbocycles. The summed E-state index contributed by atoms with van der Waals surface area (Å²) >= 11 is 0. The van der Waals surface area contributed by atoms with E-state index in [0.717, 1.165) is 11.3 Å². The van der Waals surface area contributed by atoms with Crippen molar-refractivity contribution in [2.45, 2.75) is 20.8 Å². The van der Waals surface area contributed by atoms with Gasteiger partial charge in [0, 0.05) is 11.3 Å². The lowest BCUT2D eigenvalue weighted by atomic mass is 10.0. The van der Waals surface area contributed by atoms with Crippen molar-refractivity contribution in [1.82, 2.24) is 5.32 Å². The minimum Gasteiger partial charge on any atom is -0.326 e. The molecule has 1 aromatic rings. The number of carbonyl (C=O) groups is 2. The Kier molecular flexibility index (Phi) is 4.00. The number of nitrogens with one attached hydrogen (secondary N) is 1. The summed E-state index contributed by atoms with van der Waals surface area (Å²) in [6.45, 7) is 5.52. The van der Waals surface area contributed by atoms with Gasteiger partial charge in [0.2, 0.25) is 0 Å².